The SMILES string of the molecule is C=CCC(N)c1ccccc1-c1noc2cc(F)ccc12. The van der Waals surface area contributed by atoms with Crippen LogP contribution in [0, 0.1) is 5.82 Å². The third-order valence-corrected chi connectivity index (χ3v) is 3.47. The average Bonchev–Trinajstić information content (AvgIpc) is 2.90. The first-order valence-corrected chi connectivity index (χ1v) is 6.71. The number of rotatable bonds is 4. The van der Waals surface area contributed by atoms with Crippen LogP contribution in [0.2, 0.25) is 0 Å². The zero-order valence-electron chi connectivity index (χ0n) is 11.4. The highest BCUT2D eigenvalue weighted by atomic mass is 19.1. The Morgan fingerprint density at radius 2 is 2.10 bits per heavy atom. The number of benzene rings is 2. The highest BCUT2D eigenvalue weighted by Crippen LogP contribution is 2.33. The molecular formula is C17H15FN2O. The predicted octanol–water partition coefficient (Wildman–Crippen LogP) is 4.21. The van der Waals surface area contributed by atoms with Crippen LogP contribution in [-0.4, -0.2) is 5.16 Å². The molecular weight excluding hydrogens is 267 g/mol. The lowest BCUT2D eigenvalue weighted by molar-refractivity contribution is 0.457. The molecule has 2 N–H and O–H groups in total. The van der Waals surface area contributed by atoms with Gasteiger partial charge in [0, 0.05) is 23.1 Å². The van der Waals surface area contributed by atoms with Gasteiger partial charge in [-0.25, -0.2) is 4.39 Å². The Morgan fingerprint density at radius 3 is 2.90 bits per heavy atom. The van der Waals surface area contributed by atoms with Crippen LogP contribution in [0.25, 0.3) is 22.2 Å². The van der Waals surface area contributed by atoms with Gasteiger partial charge in [-0.15, -0.1) is 6.58 Å². The minimum absolute atomic E-state index is 0.161. The van der Waals surface area contributed by atoms with E-state index in [0.717, 1.165) is 16.5 Å². The lowest BCUT2D eigenvalue weighted by Crippen LogP contribution is -2.10. The van der Waals surface area contributed by atoms with Crippen molar-refractivity contribution in [2.45, 2.75) is 12.5 Å². The molecule has 1 atom stereocenters. The van der Waals surface area contributed by atoms with Crippen LogP contribution in [0.15, 0.2) is 59.6 Å². The Hall–Kier alpha value is -2.46. The molecule has 3 nitrogen and oxygen atoms in total. The predicted molar refractivity (Wildman–Crippen MR) is 81.1 cm³/mol. The molecule has 0 aliphatic rings. The molecule has 0 fully saturated rings. The van der Waals surface area contributed by atoms with Gasteiger partial charge in [0.1, 0.15) is 11.5 Å². The maximum atomic E-state index is 13.2. The van der Waals surface area contributed by atoms with Crippen LogP contribution >= 0.6 is 0 Å². The number of hydrogen-bond acceptors (Lipinski definition) is 3. The quantitative estimate of drug-likeness (QED) is 0.729. The number of fused-ring (bicyclic) bond motifs is 1. The maximum absolute atomic E-state index is 13.2. The van der Waals surface area contributed by atoms with Crippen molar-refractivity contribution in [2.75, 3.05) is 0 Å². The average molecular weight is 282 g/mol. The summed E-state index contributed by atoms with van der Waals surface area (Å²) in [7, 11) is 0. The third kappa shape index (κ3) is 2.45. The van der Waals surface area contributed by atoms with Crippen molar-refractivity contribution < 1.29 is 8.91 Å². The molecule has 1 aromatic heterocycles. The van der Waals surface area contributed by atoms with Crippen LogP contribution in [-0.2, 0) is 0 Å². The lowest BCUT2D eigenvalue weighted by Gasteiger charge is -2.13. The number of hydrogen-bond donors (Lipinski definition) is 1. The molecule has 0 saturated carbocycles. The van der Waals surface area contributed by atoms with Crippen LogP contribution in [0.1, 0.15) is 18.0 Å². The molecule has 1 heterocycles. The zero-order valence-corrected chi connectivity index (χ0v) is 11.4. The van der Waals surface area contributed by atoms with Crippen LogP contribution < -0.4 is 5.73 Å². The second-order valence-electron chi connectivity index (χ2n) is 4.89. The first-order chi connectivity index (χ1) is 10.2. The summed E-state index contributed by atoms with van der Waals surface area (Å²) in [5, 5.41) is 4.86. The molecule has 3 rings (SSSR count). The van der Waals surface area contributed by atoms with Crippen LogP contribution in [0.4, 0.5) is 4.39 Å². The van der Waals surface area contributed by atoms with Crippen molar-refractivity contribution in [3.8, 4) is 11.3 Å². The van der Waals surface area contributed by atoms with E-state index in [-0.39, 0.29) is 11.9 Å². The minimum atomic E-state index is -0.346. The summed E-state index contributed by atoms with van der Waals surface area (Å²) in [6.45, 7) is 3.72. The largest absolute Gasteiger partial charge is 0.356 e. The van der Waals surface area contributed by atoms with E-state index in [2.05, 4.69) is 11.7 Å². The monoisotopic (exact) mass is 282 g/mol. The van der Waals surface area contributed by atoms with Crippen molar-refractivity contribution in [1.82, 2.24) is 5.16 Å². The minimum Gasteiger partial charge on any atom is -0.356 e. The van der Waals surface area contributed by atoms with Gasteiger partial charge in [0.15, 0.2) is 5.58 Å². The summed E-state index contributed by atoms with van der Waals surface area (Å²) in [5.74, 6) is -0.346. The van der Waals surface area contributed by atoms with Gasteiger partial charge in [0.05, 0.1) is 0 Å². The van der Waals surface area contributed by atoms with Crippen LogP contribution in [0.3, 0.4) is 0 Å². The number of nitrogens with zero attached hydrogens (tertiary/aromatic N) is 1. The molecule has 1 unspecified atom stereocenters. The van der Waals surface area contributed by atoms with Crippen molar-refractivity contribution in [3.05, 3.63) is 66.5 Å². The smallest absolute Gasteiger partial charge is 0.170 e. The Kier molecular flexibility index (Phi) is 3.54. The Bertz CT molecular complexity index is 794. The number of halogens is 1. The number of aromatic nitrogens is 1. The van der Waals surface area contributed by atoms with Gasteiger partial charge in [0.2, 0.25) is 0 Å². The van der Waals surface area contributed by atoms with Crippen molar-refractivity contribution in [1.29, 1.82) is 0 Å². The van der Waals surface area contributed by atoms with Crippen molar-refractivity contribution >= 4 is 11.0 Å². The first-order valence-electron chi connectivity index (χ1n) is 6.71. The van der Waals surface area contributed by atoms with E-state index in [1.807, 2.05) is 24.3 Å². The molecule has 0 spiro atoms. The molecule has 0 aliphatic carbocycles. The Balaban J connectivity index is 2.17. The molecule has 0 radical (unpaired) electrons. The molecule has 2 aromatic carbocycles. The van der Waals surface area contributed by atoms with Gasteiger partial charge in [-0.3, -0.25) is 0 Å². The molecule has 0 bridgehead atoms. The van der Waals surface area contributed by atoms with Gasteiger partial charge in [-0.1, -0.05) is 35.5 Å². The molecule has 0 amide bonds. The van der Waals surface area contributed by atoms with Crippen molar-refractivity contribution in [3.63, 3.8) is 0 Å². The first kappa shape index (κ1) is 13.5. The lowest BCUT2D eigenvalue weighted by atomic mass is 9.95. The second kappa shape index (κ2) is 5.50. The molecule has 3 aromatic rings. The Morgan fingerprint density at radius 1 is 1.29 bits per heavy atom. The van der Waals surface area contributed by atoms with E-state index in [9.17, 15) is 4.39 Å². The van der Waals surface area contributed by atoms with Gasteiger partial charge in [0.25, 0.3) is 0 Å². The topological polar surface area (TPSA) is 52.0 Å². The fourth-order valence-electron chi connectivity index (χ4n) is 2.45. The molecule has 4 heteroatoms. The van der Waals surface area contributed by atoms with E-state index >= 15 is 0 Å². The summed E-state index contributed by atoms with van der Waals surface area (Å²) >= 11 is 0. The maximum Gasteiger partial charge on any atom is 0.170 e. The fourth-order valence-corrected chi connectivity index (χ4v) is 2.45. The summed E-state index contributed by atoms with van der Waals surface area (Å²) in [4.78, 5) is 0. The van der Waals surface area contributed by atoms with E-state index in [1.54, 1.807) is 12.1 Å². The van der Waals surface area contributed by atoms with Gasteiger partial charge >= 0.3 is 0 Å². The molecule has 0 saturated heterocycles. The van der Waals surface area contributed by atoms with E-state index < -0.39 is 0 Å². The molecule has 106 valence electrons. The van der Waals surface area contributed by atoms with Gasteiger partial charge < -0.3 is 10.3 Å². The van der Waals surface area contributed by atoms with Gasteiger partial charge in [-0.2, -0.15) is 0 Å². The molecule has 0 aliphatic heterocycles. The van der Waals surface area contributed by atoms with Crippen molar-refractivity contribution in [2.24, 2.45) is 5.73 Å². The highest BCUT2D eigenvalue weighted by Gasteiger charge is 2.17. The second-order valence-corrected chi connectivity index (χ2v) is 4.89. The van der Waals surface area contributed by atoms with Crippen LogP contribution in [0.5, 0.6) is 0 Å². The fraction of sp³-hybridized carbons (Fsp3) is 0.118. The summed E-state index contributed by atoms with van der Waals surface area (Å²) in [6.07, 6.45) is 2.46. The highest BCUT2D eigenvalue weighted by molar-refractivity contribution is 5.92. The third-order valence-electron chi connectivity index (χ3n) is 3.47. The summed E-state index contributed by atoms with van der Waals surface area (Å²) < 4.78 is 18.5. The number of nitrogens with two attached hydrogens (primary N) is 1. The summed E-state index contributed by atoms with van der Waals surface area (Å²) in [6, 6.07) is 12.0. The zero-order chi connectivity index (χ0) is 14.8. The van der Waals surface area contributed by atoms with E-state index in [0.29, 0.717) is 17.7 Å². The summed E-state index contributed by atoms with van der Waals surface area (Å²) in [5.41, 5.74) is 9.17. The normalized spacial score (nSPS) is 12.5. The van der Waals surface area contributed by atoms with E-state index in [1.165, 1.54) is 12.1 Å². The Labute approximate surface area is 121 Å². The standard InChI is InChI=1S/C17H15FN2O/c1-2-5-15(19)12-6-3-4-7-13(12)17-14-9-8-11(18)10-16(14)21-20-17/h2-4,6-10,15H,1,5,19H2. The van der Waals surface area contributed by atoms with E-state index in [4.69, 9.17) is 10.3 Å². The van der Waals surface area contributed by atoms with Gasteiger partial charge in [-0.05, 0) is 24.1 Å². The molecule has 21 heavy (non-hydrogen) atoms.